The van der Waals surface area contributed by atoms with Gasteiger partial charge in [0.05, 0.1) is 22.2 Å². The Balaban J connectivity index is 2.13. The molecule has 0 spiro atoms. The first-order chi connectivity index (χ1) is 9.56. The highest BCUT2D eigenvalue weighted by atomic mass is 79.9. The molecule has 0 bridgehead atoms. The van der Waals surface area contributed by atoms with Gasteiger partial charge in [0.2, 0.25) is 0 Å². The zero-order valence-electron chi connectivity index (χ0n) is 10.7. The molecule has 20 heavy (non-hydrogen) atoms. The summed E-state index contributed by atoms with van der Waals surface area (Å²) >= 11 is 6.68. The van der Waals surface area contributed by atoms with E-state index in [9.17, 15) is 4.79 Å². The highest BCUT2D eigenvalue weighted by Gasteiger charge is 2.10. The summed E-state index contributed by atoms with van der Waals surface area (Å²) in [5, 5.41) is 5.58. The van der Waals surface area contributed by atoms with E-state index >= 15 is 0 Å². The molecular formula is C14H11Br2N3O. The number of fused-ring (bicyclic) bond motifs is 1. The molecular weight excluding hydrogens is 386 g/mol. The molecule has 3 rings (SSSR count). The summed E-state index contributed by atoms with van der Waals surface area (Å²) in [6.45, 7) is 0.443. The summed E-state index contributed by atoms with van der Waals surface area (Å²) in [6, 6.07) is 9.75. The van der Waals surface area contributed by atoms with E-state index < -0.39 is 0 Å². The average Bonchev–Trinajstić information content (AvgIpc) is 2.73. The van der Waals surface area contributed by atoms with Crippen LogP contribution in [0.1, 0.15) is 5.69 Å². The number of aryl methyl sites for hydroxylation is 1. The number of hydrogen-bond acceptors (Lipinski definition) is 2. The van der Waals surface area contributed by atoms with E-state index in [0.29, 0.717) is 11.0 Å². The van der Waals surface area contributed by atoms with Gasteiger partial charge in [0.1, 0.15) is 0 Å². The van der Waals surface area contributed by atoms with Crippen molar-refractivity contribution in [3.05, 3.63) is 61.5 Å². The molecule has 3 aromatic rings. The van der Waals surface area contributed by atoms with Crippen molar-refractivity contribution in [2.45, 2.75) is 6.54 Å². The van der Waals surface area contributed by atoms with Crippen molar-refractivity contribution in [3.8, 4) is 0 Å². The number of benzene rings is 1. The molecule has 0 atom stereocenters. The monoisotopic (exact) mass is 395 g/mol. The molecule has 0 saturated heterocycles. The van der Waals surface area contributed by atoms with E-state index in [-0.39, 0.29) is 5.56 Å². The Kier molecular flexibility index (Phi) is 3.52. The minimum atomic E-state index is -0.0667. The lowest BCUT2D eigenvalue weighted by atomic mass is 10.2. The van der Waals surface area contributed by atoms with Crippen LogP contribution in [-0.2, 0) is 13.6 Å². The van der Waals surface area contributed by atoms with E-state index in [1.54, 1.807) is 16.8 Å². The second-order valence-electron chi connectivity index (χ2n) is 4.53. The van der Waals surface area contributed by atoms with Gasteiger partial charge in [0.15, 0.2) is 0 Å². The summed E-state index contributed by atoms with van der Waals surface area (Å²) in [5.74, 6) is 0. The van der Waals surface area contributed by atoms with Gasteiger partial charge in [-0.15, -0.1) is 0 Å². The number of nitrogens with zero attached hydrogens (tertiary/aromatic N) is 3. The largest absolute Gasteiger partial charge is 0.307 e. The van der Waals surface area contributed by atoms with Crippen molar-refractivity contribution in [2.24, 2.45) is 7.05 Å². The van der Waals surface area contributed by atoms with E-state index in [4.69, 9.17) is 0 Å². The van der Waals surface area contributed by atoms with Crippen molar-refractivity contribution in [2.75, 3.05) is 0 Å². The standard InChI is InChI=1S/C14H11Br2N3O/c1-18-13-5-3-2-4-10(13)12(17-18)8-19-7-9(15)6-11(16)14(19)20/h2-7H,8H2,1H3. The number of aromatic nitrogens is 3. The van der Waals surface area contributed by atoms with Crippen molar-refractivity contribution < 1.29 is 0 Å². The maximum absolute atomic E-state index is 12.1. The van der Waals surface area contributed by atoms with Crippen LogP contribution in [0.25, 0.3) is 10.9 Å². The maximum Gasteiger partial charge on any atom is 0.265 e. The molecule has 0 aliphatic heterocycles. The van der Waals surface area contributed by atoms with Gasteiger partial charge in [-0.3, -0.25) is 9.48 Å². The fraction of sp³-hybridized carbons (Fsp3) is 0.143. The molecule has 0 amide bonds. The van der Waals surface area contributed by atoms with Gasteiger partial charge < -0.3 is 4.57 Å². The molecule has 0 aliphatic carbocycles. The Bertz CT molecular complexity index is 851. The van der Waals surface area contributed by atoms with Crippen LogP contribution in [0.2, 0.25) is 0 Å². The molecule has 2 aromatic heterocycles. The van der Waals surface area contributed by atoms with Gasteiger partial charge in [0, 0.05) is 23.1 Å². The van der Waals surface area contributed by atoms with Crippen LogP contribution in [0.3, 0.4) is 0 Å². The molecule has 4 nitrogen and oxygen atoms in total. The SMILES string of the molecule is Cn1nc(Cn2cc(Br)cc(Br)c2=O)c2ccccc21. The Morgan fingerprint density at radius 1 is 1.25 bits per heavy atom. The third-order valence-electron chi connectivity index (χ3n) is 3.16. The highest BCUT2D eigenvalue weighted by Crippen LogP contribution is 2.19. The average molecular weight is 397 g/mol. The lowest BCUT2D eigenvalue weighted by Gasteiger charge is -2.05. The van der Waals surface area contributed by atoms with Crippen LogP contribution in [0.4, 0.5) is 0 Å². The van der Waals surface area contributed by atoms with E-state index in [2.05, 4.69) is 37.0 Å². The first kappa shape index (κ1) is 13.6. The van der Waals surface area contributed by atoms with Crippen LogP contribution in [0.5, 0.6) is 0 Å². The lowest BCUT2D eigenvalue weighted by molar-refractivity contribution is 0.697. The zero-order chi connectivity index (χ0) is 14.3. The predicted octanol–water partition coefficient (Wildman–Crippen LogP) is 3.31. The van der Waals surface area contributed by atoms with Gasteiger partial charge >= 0.3 is 0 Å². The molecule has 6 heteroatoms. The lowest BCUT2D eigenvalue weighted by Crippen LogP contribution is -2.21. The highest BCUT2D eigenvalue weighted by molar-refractivity contribution is 9.11. The Morgan fingerprint density at radius 3 is 2.80 bits per heavy atom. The molecule has 0 radical (unpaired) electrons. The first-order valence-corrected chi connectivity index (χ1v) is 7.61. The third kappa shape index (κ3) is 2.33. The van der Waals surface area contributed by atoms with Crippen LogP contribution >= 0.6 is 31.9 Å². The molecule has 1 aromatic carbocycles. The second kappa shape index (κ2) is 5.18. The summed E-state index contributed by atoms with van der Waals surface area (Å²) in [6.07, 6.45) is 1.77. The summed E-state index contributed by atoms with van der Waals surface area (Å²) in [4.78, 5) is 12.1. The van der Waals surface area contributed by atoms with E-state index in [0.717, 1.165) is 21.1 Å². The number of halogens is 2. The van der Waals surface area contributed by atoms with E-state index in [1.165, 1.54) is 0 Å². The number of pyridine rings is 1. The Morgan fingerprint density at radius 2 is 2.00 bits per heavy atom. The zero-order valence-corrected chi connectivity index (χ0v) is 13.8. The van der Waals surface area contributed by atoms with Crippen LogP contribution in [0.15, 0.2) is 50.3 Å². The van der Waals surface area contributed by atoms with Crippen molar-refractivity contribution in [3.63, 3.8) is 0 Å². The third-order valence-corrected chi connectivity index (χ3v) is 4.17. The molecule has 0 N–H and O–H groups in total. The van der Waals surface area contributed by atoms with Gasteiger partial charge in [0.25, 0.3) is 5.56 Å². The maximum atomic E-state index is 12.1. The van der Waals surface area contributed by atoms with Crippen molar-refractivity contribution in [1.29, 1.82) is 0 Å². The number of rotatable bonds is 2. The van der Waals surface area contributed by atoms with Gasteiger partial charge in [-0.2, -0.15) is 5.10 Å². The molecule has 0 aliphatic rings. The first-order valence-electron chi connectivity index (χ1n) is 6.02. The predicted molar refractivity (Wildman–Crippen MR) is 85.9 cm³/mol. The second-order valence-corrected chi connectivity index (χ2v) is 6.30. The fourth-order valence-corrected chi connectivity index (χ4v) is 3.51. The molecule has 2 heterocycles. The minimum absolute atomic E-state index is 0.0667. The van der Waals surface area contributed by atoms with Crippen LogP contribution in [0, 0.1) is 0 Å². The summed E-state index contributed by atoms with van der Waals surface area (Å²) in [5.41, 5.74) is 1.88. The molecule has 102 valence electrons. The minimum Gasteiger partial charge on any atom is -0.307 e. The quantitative estimate of drug-likeness (QED) is 0.666. The van der Waals surface area contributed by atoms with Crippen molar-refractivity contribution >= 4 is 42.8 Å². The normalized spacial score (nSPS) is 11.2. The number of para-hydroxylation sites is 1. The topological polar surface area (TPSA) is 39.8 Å². The fourth-order valence-electron chi connectivity index (χ4n) is 2.25. The Hall–Kier alpha value is -1.40. The molecule has 0 unspecified atom stereocenters. The van der Waals surface area contributed by atoms with Crippen LogP contribution in [-0.4, -0.2) is 14.3 Å². The van der Waals surface area contributed by atoms with Gasteiger partial charge in [-0.25, -0.2) is 0 Å². The number of hydrogen-bond donors (Lipinski definition) is 0. The molecule has 0 fully saturated rings. The Labute approximate surface area is 132 Å². The van der Waals surface area contributed by atoms with Crippen molar-refractivity contribution in [1.82, 2.24) is 14.3 Å². The summed E-state index contributed by atoms with van der Waals surface area (Å²) < 4.78 is 4.86. The van der Waals surface area contributed by atoms with Crippen LogP contribution < -0.4 is 5.56 Å². The van der Waals surface area contributed by atoms with Gasteiger partial charge in [-0.05, 0) is 44.0 Å². The van der Waals surface area contributed by atoms with Gasteiger partial charge in [-0.1, -0.05) is 18.2 Å². The smallest absolute Gasteiger partial charge is 0.265 e. The van der Waals surface area contributed by atoms with E-state index in [1.807, 2.05) is 36.0 Å². The summed E-state index contributed by atoms with van der Waals surface area (Å²) in [7, 11) is 1.91. The molecule has 0 saturated carbocycles.